The van der Waals surface area contributed by atoms with Crippen LogP contribution in [0.4, 0.5) is 0 Å². The fourth-order valence-electron chi connectivity index (χ4n) is 2.58. The molecule has 123 valence electrons. The summed E-state index contributed by atoms with van der Waals surface area (Å²) in [6.07, 6.45) is -10.6. The zero-order valence-corrected chi connectivity index (χ0v) is 11.2. The summed E-state index contributed by atoms with van der Waals surface area (Å²) in [5.41, 5.74) is 0. The Labute approximate surface area is 121 Å². The van der Waals surface area contributed by atoms with Gasteiger partial charge in [-0.15, -0.1) is 0 Å². The molecule has 0 aliphatic carbocycles. The van der Waals surface area contributed by atoms with Crippen LogP contribution in [0.25, 0.3) is 0 Å². The van der Waals surface area contributed by atoms with Crippen LogP contribution in [0.15, 0.2) is 0 Å². The zero-order chi connectivity index (χ0) is 15.7. The van der Waals surface area contributed by atoms with Crippen molar-refractivity contribution in [3.8, 4) is 0 Å². The van der Waals surface area contributed by atoms with Crippen molar-refractivity contribution in [1.82, 2.24) is 0 Å². The number of aliphatic hydroxyl groups excluding tert-OH is 7. The van der Waals surface area contributed by atoms with Gasteiger partial charge in [0, 0.05) is 6.42 Å². The lowest BCUT2D eigenvalue weighted by molar-refractivity contribution is -0.253. The first-order chi connectivity index (χ1) is 9.90. The summed E-state index contributed by atoms with van der Waals surface area (Å²) >= 11 is 0. The van der Waals surface area contributed by atoms with Crippen molar-refractivity contribution in [1.29, 1.82) is 0 Å². The minimum absolute atomic E-state index is 0.0313. The molecule has 21 heavy (non-hydrogen) atoms. The summed E-state index contributed by atoms with van der Waals surface area (Å²) in [6.45, 7) is -1.14. The van der Waals surface area contributed by atoms with Gasteiger partial charge >= 0.3 is 0 Å². The highest BCUT2D eigenvalue weighted by Gasteiger charge is 2.50. The van der Waals surface area contributed by atoms with E-state index in [0.29, 0.717) is 0 Å². The molecule has 1 radical (unpaired) electrons. The van der Waals surface area contributed by atoms with Gasteiger partial charge in [-0.1, -0.05) is 0 Å². The van der Waals surface area contributed by atoms with Crippen LogP contribution in [0.1, 0.15) is 6.42 Å². The zero-order valence-electron chi connectivity index (χ0n) is 11.2. The fourth-order valence-corrected chi connectivity index (χ4v) is 2.58. The van der Waals surface area contributed by atoms with Crippen molar-refractivity contribution in [3.63, 3.8) is 0 Å². The van der Waals surface area contributed by atoms with Gasteiger partial charge in [0.25, 0.3) is 0 Å². The lowest BCUT2D eigenvalue weighted by Crippen LogP contribution is -2.62. The number of ether oxygens (including phenoxy) is 2. The number of hydrogen-bond acceptors (Lipinski definition) is 9. The SMILES string of the molecule is OC[C@H]1O[C@@H]([C]2C[C@@H](O)[C@H](O)[C@@H](CO)O2)[C@H](O)[C@@H](O)[C@H]1O. The van der Waals surface area contributed by atoms with Crippen LogP contribution < -0.4 is 0 Å². The molecule has 9 nitrogen and oxygen atoms in total. The molecule has 0 saturated carbocycles. The molecule has 2 heterocycles. The summed E-state index contributed by atoms with van der Waals surface area (Å²) in [5, 5.41) is 67.0. The van der Waals surface area contributed by atoms with Gasteiger partial charge in [0.1, 0.15) is 48.8 Å². The van der Waals surface area contributed by atoms with Gasteiger partial charge in [0.15, 0.2) is 0 Å². The topological polar surface area (TPSA) is 160 Å². The molecule has 2 saturated heterocycles. The minimum Gasteiger partial charge on any atom is -0.394 e. The number of rotatable bonds is 3. The smallest absolute Gasteiger partial charge is 0.132 e. The van der Waals surface area contributed by atoms with E-state index in [4.69, 9.17) is 19.7 Å². The Morgan fingerprint density at radius 1 is 0.810 bits per heavy atom. The van der Waals surface area contributed by atoms with Gasteiger partial charge < -0.3 is 45.2 Å². The predicted molar refractivity (Wildman–Crippen MR) is 65.6 cm³/mol. The number of hydrogen-bond donors (Lipinski definition) is 7. The summed E-state index contributed by atoms with van der Waals surface area (Å²) < 4.78 is 10.6. The van der Waals surface area contributed by atoms with E-state index in [1.54, 1.807) is 0 Å². The molecule has 2 fully saturated rings. The van der Waals surface area contributed by atoms with Crippen LogP contribution in [0.5, 0.6) is 0 Å². The fraction of sp³-hybridized carbons (Fsp3) is 0.917. The van der Waals surface area contributed by atoms with Crippen LogP contribution in [0, 0.1) is 6.10 Å². The summed E-state index contributed by atoms with van der Waals surface area (Å²) in [5.74, 6) is 0. The van der Waals surface area contributed by atoms with Gasteiger partial charge in [0.2, 0.25) is 0 Å². The third-order valence-electron chi connectivity index (χ3n) is 3.88. The highest BCUT2D eigenvalue weighted by Crippen LogP contribution is 2.35. The minimum atomic E-state index is -1.56. The highest BCUT2D eigenvalue weighted by atomic mass is 16.6. The molecule has 7 N–H and O–H groups in total. The predicted octanol–water partition coefficient (Wildman–Crippen LogP) is -4.14. The third kappa shape index (κ3) is 3.21. The van der Waals surface area contributed by atoms with Crippen molar-refractivity contribution < 1.29 is 45.2 Å². The molecule has 2 aliphatic heterocycles. The van der Waals surface area contributed by atoms with E-state index in [0.717, 1.165) is 0 Å². The Kier molecular flexibility index (Phi) is 5.52. The van der Waals surface area contributed by atoms with E-state index in [9.17, 15) is 25.5 Å². The largest absolute Gasteiger partial charge is 0.394 e. The molecule has 0 bridgehead atoms. The van der Waals surface area contributed by atoms with Crippen LogP contribution in [-0.2, 0) is 9.47 Å². The molecule has 8 atom stereocenters. The molecule has 0 aromatic carbocycles. The first-order valence-corrected chi connectivity index (χ1v) is 6.70. The van der Waals surface area contributed by atoms with E-state index in [2.05, 4.69) is 0 Å². The average Bonchev–Trinajstić information content (AvgIpc) is 2.48. The van der Waals surface area contributed by atoms with Gasteiger partial charge in [-0.3, -0.25) is 0 Å². The van der Waals surface area contributed by atoms with E-state index in [1.165, 1.54) is 0 Å². The van der Waals surface area contributed by atoms with E-state index >= 15 is 0 Å². The van der Waals surface area contributed by atoms with Crippen LogP contribution in [-0.4, -0.2) is 97.8 Å². The van der Waals surface area contributed by atoms with Crippen molar-refractivity contribution in [2.45, 2.75) is 55.3 Å². The maximum atomic E-state index is 9.96. The normalized spacial score (nSPS) is 49.3. The van der Waals surface area contributed by atoms with Crippen LogP contribution >= 0.6 is 0 Å². The van der Waals surface area contributed by atoms with E-state index in [1.807, 2.05) is 0 Å². The van der Waals surface area contributed by atoms with Gasteiger partial charge in [-0.05, 0) is 0 Å². The molecule has 9 heteroatoms. The Hall–Kier alpha value is -0.360. The van der Waals surface area contributed by atoms with Crippen molar-refractivity contribution in [3.05, 3.63) is 6.10 Å². The van der Waals surface area contributed by atoms with Crippen molar-refractivity contribution >= 4 is 0 Å². The summed E-state index contributed by atoms with van der Waals surface area (Å²) in [7, 11) is 0. The molecule has 0 aromatic rings. The van der Waals surface area contributed by atoms with Crippen LogP contribution in [0.3, 0.4) is 0 Å². The van der Waals surface area contributed by atoms with Gasteiger partial charge in [-0.2, -0.15) is 0 Å². The molecule has 0 aromatic heterocycles. The molecule has 0 spiro atoms. The van der Waals surface area contributed by atoms with Crippen LogP contribution in [0.2, 0.25) is 0 Å². The number of aliphatic hydroxyl groups is 7. The van der Waals surface area contributed by atoms with Crippen molar-refractivity contribution in [2.75, 3.05) is 13.2 Å². The monoisotopic (exact) mass is 309 g/mol. The lowest BCUT2D eigenvalue weighted by atomic mass is 9.87. The second-order valence-electron chi connectivity index (χ2n) is 5.32. The summed E-state index contributed by atoms with van der Waals surface area (Å²) in [6, 6.07) is 0. The first kappa shape index (κ1) is 17.0. The second-order valence-corrected chi connectivity index (χ2v) is 5.32. The third-order valence-corrected chi connectivity index (χ3v) is 3.88. The highest BCUT2D eigenvalue weighted by molar-refractivity contribution is 5.07. The maximum Gasteiger partial charge on any atom is 0.132 e. The Morgan fingerprint density at radius 3 is 2.00 bits per heavy atom. The van der Waals surface area contributed by atoms with E-state index < -0.39 is 62.0 Å². The van der Waals surface area contributed by atoms with Gasteiger partial charge in [-0.25, -0.2) is 0 Å². The maximum absolute atomic E-state index is 9.96. The molecule has 0 unspecified atom stereocenters. The first-order valence-electron chi connectivity index (χ1n) is 6.70. The Morgan fingerprint density at radius 2 is 1.43 bits per heavy atom. The lowest BCUT2D eigenvalue weighted by Gasteiger charge is -2.45. The molecule has 0 amide bonds. The molecular weight excluding hydrogens is 288 g/mol. The van der Waals surface area contributed by atoms with Gasteiger partial charge in [0.05, 0.1) is 19.3 Å². The summed E-state index contributed by atoms with van der Waals surface area (Å²) in [4.78, 5) is 0. The quantitative estimate of drug-likeness (QED) is 0.274. The standard InChI is InChI=1S/C12H21O9/c13-2-6-8(16)4(15)1-5(20-6)12-11(19)10(18)9(17)7(3-14)21-12/h4,6-19H,1-3H2/t4-,6-,7-,8+,9+,10+,11-,12+/m1/s1. The molecular formula is C12H21O9. The molecule has 2 rings (SSSR count). The second kappa shape index (κ2) is 6.82. The Balaban J connectivity index is 2.12. The Bertz CT molecular complexity index is 339. The average molecular weight is 309 g/mol. The van der Waals surface area contributed by atoms with E-state index in [-0.39, 0.29) is 12.5 Å². The van der Waals surface area contributed by atoms with Crippen molar-refractivity contribution in [2.24, 2.45) is 0 Å². The molecule has 2 aliphatic rings.